The van der Waals surface area contributed by atoms with E-state index in [-0.39, 0.29) is 7.43 Å². The number of benzene rings is 1. The van der Waals surface area contributed by atoms with Crippen LogP contribution >= 0.6 is 0 Å². The zero-order valence-electron chi connectivity index (χ0n) is 10.9. The van der Waals surface area contributed by atoms with Gasteiger partial charge in [-0.05, 0) is 0 Å². The number of rotatable bonds is 0. The van der Waals surface area contributed by atoms with Gasteiger partial charge in [0.2, 0.25) is 0 Å². The van der Waals surface area contributed by atoms with Crippen LogP contribution in [0.4, 0.5) is 0 Å². The summed E-state index contributed by atoms with van der Waals surface area (Å²) in [5.74, 6) is 0. The Balaban J connectivity index is 0.000000216. The summed E-state index contributed by atoms with van der Waals surface area (Å²) in [5.41, 5.74) is 2.73. The van der Waals surface area contributed by atoms with E-state index in [1.807, 2.05) is 0 Å². The summed E-state index contributed by atoms with van der Waals surface area (Å²) in [6, 6.07) is 8.49. The second-order valence-electron chi connectivity index (χ2n) is 4.63. The first kappa shape index (κ1) is 20.0. The molecule has 2 nitrogen and oxygen atoms in total. The van der Waals surface area contributed by atoms with Gasteiger partial charge in [-0.15, -0.1) is 0 Å². The molecule has 0 amide bonds. The molecular formula is C15H18N2V4. The molecule has 0 unspecified atom stereocenters. The Morgan fingerprint density at radius 2 is 1.43 bits per heavy atom. The zero-order valence-corrected chi connectivity index (χ0v) is 16.5. The van der Waals surface area contributed by atoms with E-state index in [0.29, 0.717) is 0 Å². The first-order chi connectivity index (χ1) is 9.56. The summed E-state index contributed by atoms with van der Waals surface area (Å²) in [4.78, 5) is 0. The average molecular weight is 430 g/mol. The molecule has 6 heteroatoms. The summed E-state index contributed by atoms with van der Waals surface area (Å²) in [5, 5.41) is 6.57. The molecule has 21 heavy (non-hydrogen) atoms. The third-order valence-electron chi connectivity index (χ3n) is 3.01. The second kappa shape index (κ2) is 9.95. The Kier molecular flexibility index (Phi) is 9.48. The molecule has 0 aromatic heterocycles. The van der Waals surface area contributed by atoms with Crippen molar-refractivity contribution in [2.45, 2.75) is 33.1 Å². The van der Waals surface area contributed by atoms with Crippen LogP contribution in [-0.2, 0) is 74.3 Å². The molecular weight excluding hydrogens is 412 g/mol. The molecule has 3 rings (SSSR count). The first-order valence-electron chi connectivity index (χ1n) is 6.39. The Morgan fingerprint density at radius 1 is 0.810 bits per heavy atom. The molecule has 2 heterocycles. The topological polar surface area (TPSA) is 24.1 Å². The zero-order chi connectivity index (χ0) is 14.5. The van der Waals surface area contributed by atoms with Crippen LogP contribution in [0.2, 0.25) is 0 Å². The van der Waals surface area contributed by atoms with Gasteiger partial charge in [0.25, 0.3) is 0 Å². The van der Waals surface area contributed by atoms with Gasteiger partial charge >= 0.3 is 157 Å². The molecule has 2 aliphatic heterocycles. The Labute approximate surface area is 163 Å². The third-order valence-corrected chi connectivity index (χ3v) is 5.03. The minimum absolute atomic E-state index is 0. The molecule has 2 aliphatic rings. The molecule has 0 radical (unpaired) electrons. The van der Waals surface area contributed by atoms with E-state index in [9.17, 15) is 0 Å². The monoisotopic (exact) mass is 430 g/mol. The summed E-state index contributed by atoms with van der Waals surface area (Å²) < 4.78 is 5.15. The van der Waals surface area contributed by atoms with Crippen molar-refractivity contribution in [1.82, 2.24) is 10.6 Å². The second-order valence-corrected chi connectivity index (χ2v) is 7.85. The quantitative estimate of drug-likeness (QED) is 0.649. The predicted octanol–water partition coefficient (Wildman–Crippen LogP) is 1.28. The fourth-order valence-electron chi connectivity index (χ4n) is 2.05. The fraction of sp³-hybridized carbons (Fsp3) is 0.333. The minimum atomic E-state index is 0. The van der Waals surface area contributed by atoms with Crippen LogP contribution in [0.1, 0.15) is 37.8 Å². The van der Waals surface area contributed by atoms with Crippen molar-refractivity contribution in [2.24, 2.45) is 0 Å². The number of hydrogen-bond donors (Lipinski definition) is 2. The van der Waals surface area contributed by atoms with Gasteiger partial charge in [0.1, 0.15) is 0 Å². The van der Waals surface area contributed by atoms with Crippen LogP contribution in [-0.4, -0.2) is 17.4 Å². The van der Waals surface area contributed by atoms with Crippen LogP contribution in [0.15, 0.2) is 24.3 Å². The molecule has 1 saturated heterocycles. The molecule has 0 atom stereocenters. The standard InChI is InChI=1S/C9H7N.C5H7N.CH4.4V/c1-2-4-9-7-10-6-5-8(9)3-1;1-2-4-6-5-3-1;;;;;/h1-4,10H,5H2;6H,1-3H2;1H4;;;;. The van der Waals surface area contributed by atoms with Crippen LogP contribution < -0.4 is 10.6 Å². The summed E-state index contributed by atoms with van der Waals surface area (Å²) in [6.07, 6.45) is 4.78. The maximum absolute atomic E-state index is 3.31. The van der Waals surface area contributed by atoms with Gasteiger partial charge in [0.15, 0.2) is 0 Å². The summed E-state index contributed by atoms with van der Waals surface area (Å²) in [7, 11) is 0. The van der Waals surface area contributed by atoms with E-state index in [2.05, 4.69) is 103 Å². The normalized spacial score (nSPS) is 17.1. The van der Waals surface area contributed by atoms with E-state index in [0.717, 1.165) is 6.42 Å². The predicted molar refractivity (Wildman–Crippen MR) is 76.1 cm³/mol. The maximum atomic E-state index is 3.31. The van der Waals surface area contributed by atoms with Gasteiger partial charge < -0.3 is 0 Å². The molecule has 1 aromatic rings. The summed E-state index contributed by atoms with van der Waals surface area (Å²) >= 11 is 10.3. The molecule has 0 aliphatic carbocycles. The molecule has 2 N–H and O–H groups in total. The van der Waals surface area contributed by atoms with Crippen LogP contribution in [0.25, 0.3) is 0 Å². The SMILES string of the molecule is C.[V]=[C]1CCC[C](=[V])N1.[V]=[C]1Cc2ccccc2[C](=[V])N1. The molecule has 0 saturated carbocycles. The van der Waals surface area contributed by atoms with Gasteiger partial charge in [-0.25, -0.2) is 0 Å². The van der Waals surface area contributed by atoms with E-state index < -0.39 is 0 Å². The van der Waals surface area contributed by atoms with Gasteiger partial charge in [-0.3, -0.25) is 0 Å². The van der Waals surface area contributed by atoms with E-state index in [4.69, 9.17) is 0 Å². The van der Waals surface area contributed by atoms with Crippen molar-refractivity contribution in [1.29, 1.82) is 0 Å². The van der Waals surface area contributed by atoms with Gasteiger partial charge in [-0.1, -0.05) is 7.43 Å². The van der Waals surface area contributed by atoms with Crippen molar-refractivity contribution in [2.75, 3.05) is 0 Å². The van der Waals surface area contributed by atoms with Crippen molar-refractivity contribution in [3.63, 3.8) is 0 Å². The molecule has 1 fully saturated rings. The van der Waals surface area contributed by atoms with Crippen LogP contribution in [0.5, 0.6) is 0 Å². The molecule has 0 spiro atoms. The Hall–Kier alpha value is 0.958. The van der Waals surface area contributed by atoms with Crippen LogP contribution in [0.3, 0.4) is 0 Å². The van der Waals surface area contributed by atoms with Crippen molar-refractivity contribution in [3.8, 4) is 0 Å². The number of piperidine rings is 1. The molecule has 0 bridgehead atoms. The van der Waals surface area contributed by atoms with Gasteiger partial charge in [-0.2, -0.15) is 0 Å². The van der Waals surface area contributed by atoms with E-state index in [1.54, 1.807) is 0 Å². The molecule has 108 valence electrons. The Morgan fingerprint density at radius 3 is 2.00 bits per heavy atom. The Bertz CT molecular complexity index is 567. The third kappa shape index (κ3) is 6.53. The first-order valence-corrected chi connectivity index (χ1v) is 9.18. The van der Waals surface area contributed by atoms with Crippen molar-refractivity contribution < 1.29 is 67.9 Å². The van der Waals surface area contributed by atoms with E-state index in [1.165, 1.54) is 47.8 Å². The number of nitrogens with one attached hydrogen (secondary N) is 2. The van der Waals surface area contributed by atoms with Gasteiger partial charge in [0, 0.05) is 0 Å². The van der Waals surface area contributed by atoms with E-state index >= 15 is 0 Å². The van der Waals surface area contributed by atoms with Crippen molar-refractivity contribution in [3.05, 3.63) is 35.4 Å². The summed E-state index contributed by atoms with van der Waals surface area (Å²) in [6.45, 7) is 0. The van der Waals surface area contributed by atoms with Crippen LogP contribution in [0, 0.1) is 0 Å². The fourth-order valence-corrected chi connectivity index (χ4v) is 4.41. The van der Waals surface area contributed by atoms with Crippen molar-refractivity contribution >= 4 is 17.4 Å². The number of fused-ring (bicyclic) bond motifs is 1. The number of hydrogen-bond acceptors (Lipinski definition) is 2. The van der Waals surface area contributed by atoms with Gasteiger partial charge in [0.05, 0.1) is 0 Å². The molecule has 1 aromatic carbocycles. The average Bonchev–Trinajstić information content (AvgIpc) is 2.39.